The van der Waals surface area contributed by atoms with Crippen LogP contribution in [0.15, 0.2) is 116 Å². The van der Waals surface area contributed by atoms with E-state index in [-0.39, 0.29) is 70.6 Å². The number of allylic oxidation sites excluding steroid dienone is 2. The molecule has 0 saturated carbocycles. The minimum absolute atomic E-state index is 0. The number of hydrogen-bond acceptors (Lipinski definition) is 6. The average molecular weight is 1290 g/mol. The van der Waals surface area contributed by atoms with Crippen LogP contribution in [0.25, 0.3) is 34.0 Å². The number of nitrogens with zero attached hydrogens (tertiary/aromatic N) is 2. The molecule has 7 aromatic rings. The molecular formula is C62H66N2O4Pt2-2. The summed E-state index contributed by atoms with van der Waals surface area (Å²) in [7, 11) is 0. The Bertz CT molecular complexity index is 2820. The Balaban J connectivity index is 0.000000274. The van der Waals surface area contributed by atoms with E-state index in [1.54, 1.807) is 6.20 Å². The van der Waals surface area contributed by atoms with Crippen LogP contribution < -0.4 is 0 Å². The van der Waals surface area contributed by atoms with Gasteiger partial charge in [-0.15, -0.1) is 0 Å². The van der Waals surface area contributed by atoms with Gasteiger partial charge in [0.05, 0.1) is 0 Å². The van der Waals surface area contributed by atoms with Gasteiger partial charge in [-0.05, 0) is 151 Å². The van der Waals surface area contributed by atoms with Gasteiger partial charge in [0.15, 0.2) is 11.6 Å². The Labute approximate surface area is 446 Å². The summed E-state index contributed by atoms with van der Waals surface area (Å²) >= 11 is 0. The van der Waals surface area contributed by atoms with Crippen molar-refractivity contribution in [3.8, 4) is 22.5 Å². The Morgan fingerprint density at radius 2 is 0.786 bits per heavy atom. The van der Waals surface area contributed by atoms with Crippen LogP contribution in [0, 0.1) is 95.2 Å². The van der Waals surface area contributed by atoms with E-state index in [2.05, 4.69) is 55.0 Å². The first-order valence-corrected chi connectivity index (χ1v) is 23.0. The number of hydrogen-bond donors (Lipinski definition) is 2. The molecule has 6 nitrogen and oxygen atoms in total. The van der Waals surface area contributed by atoms with E-state index in [1.165, 1.54) is 17.7 Å². The molecule has 370 valence electrons. The predicted molar refractivity (Wildman–Crippen MR) is 282 cm³/mol. The number of benzene rings is 5. The van der Waals surface area contributed by atoms with E-state index in [0.29, 0.717) is 11.1 Å². The number of rotatable bonds is 8. The average Bonchev–Trinajstić information content (AvgIpc) is 3.23. The topological polar surface area (TPSA) is 100 Å². The molecule has 0 saturated heterocycles. The van der Waals surface area contributed by atoms with Crippen LogP contribution in [0.2, 0.25) is 0 Å². The number of aryl methyl sites for hydroxylation is 12. The third-order valence-electron chi connectivity index (χ3n) is 11.8. The van der Waals surface area contributed by atoms with Gasteiger partial charge in [0.25, 0.3) is 0 Å². The van der Waals surface area contributed by atoms with Gasteiger partial charge >= 0.3 is 0 Å². The number of pyridine rings is 2. The molecule has 2 heterocycles. The van der Waals surface area contributed by atoms with Crippen molar-refractivity contribution in [3.05, 3.63) is 222 Å². The molecule has 5 aromatic carbocycles. The maximum atomic E-state index is 12.6. The van der Waals surface area contributed by atoms with Crippen molar-refractivity contribution in [2.45, 2.75) is 109 Å². The van der Waals surface area contributed by atoms with Gasteiger partial charge in [0.2, 0.25) is 0 Å². The predicted octanol–water partition coefficient (Wildman–Crippen LogP) is 15.3. The van der Waals surface area contributed by atoms with Crippen LogP contribution in [0.5, 0.6) is 0 Å². The second-order valence-corrected chi connectivity index (χ2v) is 19.2. The third-order valence-corrected chi connectivity index (χ3v) is 11.8. The molecule has 0 bridgehead atoms. The van der Waals surface area contributed by atoms with Crippen molar-refractivity contribution in [1.29, 1.82) is 0 Å². The van der Waals surface area contributed by atoms with E-state index in [1.807, 2.05) is 168 Å². The van der Waals surface area contributed by atoms with Crippen molar-refractivity contribution in [2.75, 3.05) is 0 Å². The fourth-order valence-corrected chi connectivity index (χ4v) is 9.09. The molecule has 2 N–H and O–H groups in total. The molecule has 0 atom stereocenters. The fourth-order valence-electron chi connectivity index (χ4n) is 9.09. The summed E-state index contributed by atoms with van der Waals surface area (Å²) in [5.41, 5.74) is 20.1. The summed E-state index contributed by atoms with van der Waals surface area (Å²) in [6, 6.07) is 36.5. The summed E-state index contributed by atoms with van der Waals surface area (Å²) in [5, 5.41) is 21.0. The first-order chi connectivity index (χ1) is 31.9. The Morgan fingerprint density at radius 1 is 0.457 bits per heavy atom. The molecule has 0 aliphatic carbocycles. The molecule has 0 fully saturated rings. The zero-order valence-corrected chi connectivity index (χ0v) is 47.8. The van der Waals surface area contributed by atoms with Gasteiger partial charge in [0.1, 0.15) is 11.5 Å². The number of carbonyl (C=O) groups excluding carboxylic acids is 2. The van der Waals surface area contributed by atoms with E-state index in [4.69, 9.17) is 0 Å². The fraction of sp³-hybridized carbons (Fsp3) is 0.258. The van der Waals surface area contributed by atoms with Crippen molar-refractivity contribution < 1.29 is 61.9 Å². The Kier molecular flexibility index (Phi) is 21.2. The number of ketones is 2. The molecule has 0 unspecified atom stereocenters. The van der Waals surface area contributed by atoms with Crippen LogP contribution in [0.3, 0.4) is 0 Å². The first kappa shape index (κ1) is 58.5. The monoisotopic (exact) mass is 1290 g/mol. The first-order valence-electron chi connectivity index (χ1n) is 23.0. The zero-order valence-electron chi connectivity index (χ0n) is 43.2. The molecular weight excluding hydrogens is 1230 g/mol. The van der Waals surface area contributed by atoms with E-state index in [0.717, 1.165) is 100 Å². The third kappa shape index (κ3) is 15.1. The molecule has 70 heavy (non-hydrogen) atoms. The molecule has 7 rings (SSSR count). The summed E-state index contributed by atoms with van der Waals surface area (Å²) < 4.78 is 0. The van der Waals surface area contributed by atoms with Gasteiger partial charge in [-0.3, -0.25) is 9.59 Å². The standard InChI is InChI=1S/2C21H24O2.C20H18N2.2Pt/c2*1-12-7-14(3)20(15(4)8-12)18(22)11-19(23)21-16(5)9-13(2)10-17(21)6;1-20(2,3)17-11-13-22-19(14-17)16-9-7-15(8-10-16)18-6-4-5-12-21-18;;/h2*7-11,22H,1-6H3;4-7,10-14H,1-3H3;;/q;;-2;;/b2*18-11-;;;. The van der Waals surface area contributed by atoms with Crippen LogP contribution in [0.4, 0.5) is 0 Å². The van der Waals surface area contributed by atoms with Gasteiger partial charge < -0.3 is 20.2 Å². The van der Waals surface area contributed by atoms with Crippen molar-refractivity contribution in [1.82, 2.24) is 9.97 Å². The van der Waals surface area contributed by atoms with E-state index >= 15 is 0 Å². The van der Waals surface area contributed by atoms with E-state index in [9.17, 15) is 19.8 Å². The van der Waals surface area contributed by atoms with Gasteiger partial charge in [-0.1, -0.05) is 121 Å². The van der Waals surface area contributed by atoms with Gasteiger partial charge in [0, 0.05) is 88.9 Å². The molecule has 0 radical (unpaired) electrons. The smallest absolute Gasteiger partial charge is 0.190 e. The van der Waals surface area contributed by atoms with Crippen molar-refractivity contribution in [2.24, 2.45) is 0 Å². The summed E-state index contributed by atoms with van der Waals surface area (Å²) in [6.07, 6.45) is 6.33. The molecule has 0 amide bonds. The quantitative estimate of drug-likeness (QED) is 0.0680. The number of aromatic nitrogens is 2. The summed E-state index contributed by atoms with van der Waals surface area (Å²) in [4.78, 5) is 34.1. The zero-order chi connectivity index (χ0) is 50.2. The minimum atomic E-state index is -0.156. The maximum Gasteiger partial charge on any atom is 0.190 e. The molecule has 0 spiro atoms. The molecule has 0 aliphatic rings. The Morgan fingerprint density at radius 3 is 1.10 bits per heavy atom. The summed E-state index contributed by atoms with van der Waals surface area (Å²) in [5.74, 6) is -0.248. The van der Waals surface area contributed by atoms with Crippen LogP contribution in [0.1, 0.15) is 125 Å². The van der Waals surface area contributed by atoms with Crippen molar-refractivity contribution >= 4 is 23.1 Å². The number of aliphatic hydroxyl groups is 2. The van der Waals surface area contributed by atoms with Gasteiger partial charge in [-0.25, -0.2) is 35.4 Å². The maximum absolute atomic E-state index is 12.6. The van der Waals surface area contributed by atoms with Gasteiger partial charge in [-0.2, -0.15) is 0 Å². The van der Waals surface area contributed by atoms with E-state index < -0.39 is 0 Å². The SMILES string of the molecule is CC(C)(C)c1ccnc(-c2[c-]cc(-c3ccccn3)[c-]c2)c1.Cc1cc(C)c(C(=O)/C=C(\O)c2c(C)cc(C)cc2C)c(C)c1.Cc1cc(C)c(C(=O)/C=C(\O)c2c(C)cc(C)cc2C)c(C)c1.[Pt].[Pt]. The molecule has 2 aromatic heterocycles. The summed E-state index contributed by atoms with van der Waals surface area (Å²) in [6.45, 7) is 30.2. The molecule has 8 heteroatoms. The number of carbonyl (C=O) groups is 2. The Hall–Kier alpha value is -5.80. The second kappa shape index (κ2) is 25.4. The number of aliphatic hydroxyl groups excluding tert-OH is 2. The van der Waals surface area contributed by atoms with Crippen LogP contribution in [-0.4, -0.2) is 31.7 Å². The second-order valence-electron chi connectivity index (χ2n) is 19.2. The normalized spacial score (nSPS) is 11.2. The van der Waals surface area contributed by atoms with Crippen LogP contribution >= 0.6 is 0 Å². The largest absolute Gasteiger partial charge is 0.507 e. The van der Waals surface area contributed by atoms with Crippen molar-refractivity contribution in [3.63, 3.8) is 0 Å². The minimum Gasteiger partial charge on any atom is -0.507 e. The van der Waals surface area contributed by atoms with Crippen LogP contribution in [-0.2, 0) is 47.5 Å². The molecule has 0 aliphatic heterocycles.